The van der Waals surface area contributed by atoms with E-state index in [4.69, 9.17) is 37.7 Å². The molecule has 2 aromatic rings. The second-order valence-electron chi connectivity index (χ2n) is 18.1. The lowest BCUT2D eigenvalue weighted by molar-refractivity contribution is -0.347. The number of ether oxygens (including phenoxy) is 7. The Bertz CT molecular complexity index is 2040. The fourth-order valence-electron chi connectivity index (χ4n) is 10.2. The minimum atomic E-state index is -2.19. The maximum atomic E-state index is 15.6. The Morgan fingerprint density at radius 2 is 1.57 bits per heavy atom. The topological polar surface area (TPSA) is 191 Å². The molecule has 0 aromatic heterocycles. The molecule has 15 nitrogen and oxygen atoms in total. The van der Waals surface area contributed by atoms with E-state index in [1.807, 2.05) is 0 Å². The fraction of sp³-hybridized carbons (Fsp3) is 0.578. The van der Waals surface area contributed by atoms with Crippen molar-refractivity contribution < 1.29 is 66.8 Å². The van der Waals surface area contributed by atoms with Gasteiger partial charge in [0.25, 0.3) is 0 Å². The van der Waals surface area contributed by atoms with Crippen LogP contribution in [0.1, 0.15) is 90.2 Å². The highest BCUT2D eigenvalue weighted by Crippen LogP contribution is 2.64. The Labute approximate surface area is 358 Å². The molecule has 1 heterocycles. The first-order valence-electron chi connectivity index (χ1n) is 20.3. The second-order valence-corrected chi connectivity index (χ2v) is 18.4. The van der Waals surface area contributed by atoms with Crippen molar-refractivity contribution in [3.8, 4) is 0 Å². The molecule has 1 aliphatic heterocycles. The molecule has 2 saturated carbocycles. The van der Waals surface area contributed by atoms with Gasteiger partial charge in [0.2, 0.25) is 0 Å². The highest BCUT2D eigenvalue weighted by molar-refractivity contribution is 7.09. The summed E-state index contributed by atoms with van der Waals surface area (Å²) in [6.07, 6.45) is -8.50. The van der Waals surface area contributed by atoms with Gasteiger partial charge in [-0.3, -0.25) is 9.59 Å². The predicted molar refractivity (Wildman–Crippen MR) is 222 cm³/mol. The molecule has 4 aliphatic rings. The van der Waals surface area contributed by atoms with Crippen molar-refractivity contribution in [1.29, 1.82) is 0 Å². The third-order valence-electron chi connectivity index (χ3n) is 13.2. The SMILES string of the molecule is CO[C@H]1C(=O)[C@]2(C)[C@@H](OC)C[C@H]3OC[C@@]3(OC(C)=O)[C@H]2[C@H](OC(=O)c2ccccc2)[C@]2(O)C[C@H](OC(=O)[C@H](OP)[C@@H](NC(=O)OC(C)(C)C)c3ccccc3)C(C)=C1C2(C)C. The molecule has 61 heavy (non-hydrogen) atoms. The summed E-state index contributed by atoms with van der Waals surface area (Å²) in [5.41, 5.74) is -6.35. The van der Waals surface area contributed by atoms with Crippen molar-refractivity contribution in [2.24, 2.45) is 16.7 Å². The third kappa shape index (κ3) is 8.02. The van der Waals surface area contributed by atoms with E-state index in [9.17, 15) is 24.3 Å². The molecular formula is C45H58NO14P. The summed E-state index contributed by atoms with van der Waals surface area (Å²) in [4.78, 5) is 70.8. The molecule has 2 bridgehead atoms. The van der Waals surface area contributed by atoms with E-state index in [1.54, 1.807) is 109 Å². The zero-order valence-corrected chi connectivity index (χ0v) is 37.5. The average molecular weight is 868 g/mol. The molecule has 16 heteroatoms. The van der Waals surface area contributed by atoms with Gasteiger partial charge in [-0.05, 0) is 63.5 Å². The first-order valence-corrected chi connectivity index (χ1v) is 20.8. The lowest BCUT2D eigenvalue weighted by Crippen LogP contribution is -2.82. The average Bonchev–Trinajstić information content (AvgIpc) is 3.19. The van der Waals surface area contributed by atoms with Gasteiger partial charge in [-0.15, -0.1) is 0 Å². The Balaban J connectivity index is 1.53. The number of amides is 1. The number of rotatable bonds is 11. The molecule has 2 aromatic carbocycles. The van der Waals surface area contributed by atoms with E-state index in [0.717, 1.165) is 0 Å². The lowest BCUT2D eigenvalue weighted by Gasteiger charge is -2.67. The molecule has 12 atom stereocenters. The Morgan fingerprint density at radius 1 is 0.951 bits per heavy atom. The number of nitrogens with one attached hydrogen (secondary N) is 1. The highest BCUT2D eigenvalue weighted by Gasteiger charge is 2.78. The monoisotopic (exact) mass is 867 g/mol. The summed E-state index contributed by atoms with van der Waals surface area (Å²) < 4.78 is 48.5. The molecule has 1 saturated heterocycles. The van der Waals surface area contributed by atoms with Crippen LogP contribution in [-0.4, -0.2) is 109 Å². The molecule has 0 radical (unpaired) electrons. The van der Waals surface area contributed by atoms with Gasteiger partial charge in [0.15, 0.2) is 17.5 Å². The maximum absolute atomic E-state index is 15.6. The number of methoxy groups -OCH3 is 2. The fourth-order valence-corrected chi connectivity index (χ4v) is 10.5. The number of hydrogen-bond donors (Lipinski definition) is 2. The lowest BCUT2D eigenvalue weighted by atomic mass is 9.44. The third-order valence-corrected chi connectivity index (χ3v) is 13.5. The zero-order chi connectivity index (χ0) is 44.9. The summed E-state index contributed by atoms with van der Waals surface area (Å²) in [7, 11) is 4.87. The first kappa shape index (κ1) is 46.3. The van der Waals surface area contributed by atoms with Crippen LogP contribution in [0.3, 0.4) is 0 Å². The van der Waals surface area contributed by atoms with Gasteiger partial charge in [-0.25, -0.2) is 14.4 Å². The second kappa shape index (κ2) is 17.1. The maximum Gasteiger partial charge on any atom is 0.408 e. The van der Waals surface area contributed by atoms with Crippen LogP contribution in [-0.2, 0) is 52.1 Å². The predicted octanol–water partition coefficient (Wildman–Crippen LogP) is 5.38. The largest absolute Gasteiger partial charge is 0.456 e. The van der Waals surface area contributed by atoms with Gasteiger partial charge in [-0.2, -0.15) is 0 Å². The van der Waals surface area contributed by atoms with Crippen LogP contribution in [0.2, 0.25) is 0 Å². The van der Waals surface area contributed by atoms with E-state index < -0.39 is 106 Å². The van der Waals surface area contributed by atoms with E-state index in [2.05, 4.69) is 14.8 Å². The molecular weight excluding hydrogens is 809 g/mol. The Morgan fingerprint density at radius 3 is 2.10 bits per heavy atom. The van der Waals surface area contributed by atoms with Crippen molar-refractivity contribution in [2.45, 2.75) is 128 Å². The minimum Gasteiger partial charge on any atom is -0.456 e. The van der Waals surface area contributed by atoms with Crippen molar-refractivity contribution in [1.82, 2.24) is 5.32 Å². The van der Waals surface area contributed by atoms with Crippen LogP contribution in [0, 0.1) is 16.7 Å². The van der Waals surface area contributed by atoms with E-state index in [1.165, 1.54) is 21.1 Å². The molecule has 3 fully saturated rings. The molecule has 3 aliphatic carbocycles. The molecule has 6 rings (SSSR count). The summed E-state index contributed by atoms with van der Waals surface area (Å²) in [6, 6.07) is 15.7. The van der Waals surface area contributed by atoms with Gasteiger partial charge in [0.05, 0.1) is 35.6 Å². The number of Topliss-reactive ketones (excluding diaryl/α,β-unsaturated/α-hetero) is 1. The number of carbonyl (C=O) groups excluding carboxylic acids is 5. The number of aliphatic hydroxyl groups is 1. The molecule has 332 valence electrons. The number of ketones is 1. The van der Waals surface area contributed by atoms with Crippen LogP contribution in [0.25, 0.3) is 0 Å². The van der Waals surface area contributed by atoms with Gasteiger partial charge in [-0.1, -0.05) is 62.4 Å². The van der Waals surface area contributed by atoms with Gasteiger partial charge < -0.3 is 48.1 Å². The van der Waals surface area contributed by atoms with Crippen LogP contribution in [0.15, 0.2) is 71.8 Å². The summed E-state index contributed by atoms with van der Waals surface area (Å²) in [6.45, 7) is 13.0. The summed E-state index contributed by atoms with van der Waals surface area (Å²) in [5.74, 6) is -4.21. The van der Waals surface area contributed by atoms with Gasteiger partial charge in [0, 0.05) is 48.9 Å². The van der Waals surface area contributed by atoms with Crippen molar-refractivity contribution in [3.05, 3.63) is 82.9 Å². The highest BCUT2D eigenvalue weighted by atomic mass is 31.0. The smallest absolute Gasteiger partial charge is 0.408 e. The standard InChI is InChI=1S/C45H58NO14P/c1-24-28(56-39(50)34(60-61)32(26-17-13-11-14-18-26)46-40(51)59-41(3,4)5)22-45(52)37(57-38(49)27-19-15-12-16-20-27)35-43(8,36(48)33(54-10)31(24)42(45,6)7)29(53-9)21-30-44(35,23-55-30)58-25(2)47/h11-20,28-30,32-35,37,52H,21-23,61H2,1-10H3,(H,46,51)/t28-,29-,30+,32-,33+,34+,35-,37-,43+,44-,45+/m0/s1. The summed E-state index contributed by atoms with van der Waals surface area (Å²) in [5, 5.41) is 16.5. The number of carbonyl (C=O) groups is 5. The zero-order valence-electron chi connectivity index (χ0n) is 36.3. The van der Waals surface area contributed by atoms with E-state index in [-0.39, 0.29) is 25.0 Å². The molecule has 1 unspecified atom stereocenters. The van der Waals surface area contributed by atoms with Crippen LogP contribution in [0.5, 0.6) is 0 Å². The van der Waals surface area contributed by atoms with Crippen LogP contribution in [0.4, 0.5) is 4.79 Å². The Kier molecular flexibility index (Phi) is 13.0. The molecule has 1 amide bonds. The van der Waals surface area contributed by atoms with Crippen molar-refractivity contribution >= 4 is 39.3 Å². The van der Waals surface area contributed by atoms with Crippen molar-refractivity contribution in [3.63, 3.8) is 0 Å². The molecule has 0 spiro atoms. The van der Waals surface area contributed by atoms with Gasteiger partial charge in [0.1, 0.15) is 35.6 Å². The summed E-state index contributed by atoms with van der Waals surface area (Å²) >= 11 is 0. The Hall–Kier alpha value is -4.24. The van der Waals surface area contributed by atoms with E-state index in [0.29, 0.717) is 16.7 Å². The number of fused-ring (bicyclic) bond motifs is 5. The minimum absolute atomic E-state index is 0.134. The number of esters is 3. The number of alkyl carbamates (subject to hydrolysis) is 1. The van der Waals surface area contributed by atoms with Crippen LogP contribution >= 0.6 is 9.47 Å². The van der Waals surface area contributed by atoms with E-state index >= 15 is 4.79 Å². The number of benzene rings is 2. The molecule has 2 N–H and O–H groups in total. The normalized spacial score (nSPS) is 32.6. The first-order chi connectivity index (χ1) is 28.6. The van der Waals surface area contributed by atoms with Crippen molar-refractivity contribution in [2.75, 3.05) is 20.8 Å². The number of hydrogen-bond acceptors (Lipinski definition) is 14. The van der Waals surface area contributed by atoms with Gasteiger partial charge >= 0.3 is 24.0 Å². The quantitative estimate of drug-likeness (QED) is 0.127. The van der Waals surface area contributed by atoms with Crippen LogP contribution < -0.4 is 5.32 Å².